The average molecular weight is 522 g/mol. The van der Waals surface area contributed by atoms with Crippen molar-refractivity contribution in [3.63, 3.8) is 0 Å². The fourth-order valence-corrected chi connectivity index (χ4v) is 5.79. The van der Waals surface area contributed by atoms with E-state index in [1.807, 2.05) is 54.0 Å². The van der Waals surface area contributed by atoms with E-state index < -0.39 is 22.8 Å². The Labute approximate surface area is 213 Å². The number of halogens is 1. The van der Waals surface area contributed by atoms with Crippen molar-refractivity contribution in [1.29, 1.82) is 0 Å². The van der Waals surface area contributed by atoms with E-state index in [1.165, 1.54) is 11.8 Å². The molecule has 1 heterocycles. The first-order valence-corrected chi connectivity index (χ1v) is 13.7. The van der Waals surface area contributed by atoms with Crippen LogP contribution in [0.25, 0.3) is 0 Å². The average Bonchev–Trinajstić information content (AvgIpc) is 2.94. The lowest BCUT2D eigenvalue weighted by molar-refractivity contribution is -0.134. The molecule has 0 aliphatic carbocycles. The molecule has 0 radical (unpaired) electrons. The van der Waals surface area contributed by atoms with Crippen LogP contribution in [0.5, 0.6) is 5.75 Å². The summed E-state index contributed by atoms with van der Waals surface area (Å²) in [5.74, 6) is -2.86. The Kier molecular flexibility index (Phi) is 9.73. The van der Waals surface area contributed by atoms with Crippen LogP contribution >= 0.6 is 11.8 Å². The third-order valence-corrected chi connectivity index (χ3v) is 8.13. The first-order chi connectivity index (χ1) is 16.7. The summed E-state index contributed by atoms with van der Waals surface area (Å²) in [6.45, 7) is 1.66. The molecule has 3 rings (SSSR count). The second-order valence-electron chi connectivity index (χ2n) is 8.55. The molecular formula is C25H32FN3O4S2. The first kappa shape index (κ1) is 27.2. The van der Waals surface area contributed by atoms with Gasteiger partial charge in [-0.25, -0.2) is 13.3 Å². The number of likely N-dealkylation sites (N-methyl/N-ethyl adjacent to an activating group) is 1. The maximum absolute atomic E-state index is 13.7. The number of hydrogen-bond acceptors (Lipinski definition) is 6. The zero-order valence-electron chi connectivity index (χ0n) is 20.4. The van der Waals surface area contributed by atoms with E-state index in [0.717, 1.165) is 37.2 Å². The van der Waals surface area contributed by atoms with Crippen molar-refractivity contribution < 1.29 is 23.2 Å². The number of thioether (sulfide) groups is 1. The Hall–Kier alpha value is -2.40. The van der Waals surface area contributed by atoms with Gasteiger partial charge in [-0.2, -0.15) is 4.39 Å². The van der Waals surface area contributed by atoms with Crippen molar-refractivity contribution >= 4 is 40.1 Å². The molecule has 2 aromatic rings. The van der Waals surface area contributed by atoms with Gasteiger partial charge in [-0.05, 0) is 57.9 Å². The molecule has 1 aliphatic heterocycles. The molecular weight excluding hydrogens is 489 g/mol. The number of rotatable bonds is 10. The largest absolute Gasteiger partial charge is 0.476 e. The van der Waals surface area contributed by atoms with Gasteiger partial charge in [0.1, 0.15) is 23.0 Å². The third-order valence-electron chi connectivity index (χ3n) is 5.85. The van der Waals surface area contributed by atoms with Gasteiger partial charge in [0, 0.05) is 31.4 Å². The molecule has 0 amide bonds. The number of para-hydroxylation sites is 1. The molecule has 0 spiro atoms. The van der Waals surface area contributed by atoms with Gasteiger partial charge >= 0.3 is 5.97 Å². The zero-order chi connectivity index (χ0) is 25.5. The number of anilines is 2. The smallest absolute Gasteiger partial charge is 0.368 e. The van der Waals surface area contributed by atoms with E-state index in [2.05, 4.69) is 23.9 Å². The van der Waals surface area contributed by atoms with Gasteiger partial charge in [0.05, 0.1) is 15.5 Å². The highest BCUT2D eigenvalue weighted by Gasteiger charge is 2.32. The molecule has 2 aromatic carbocycles. The monoisotopic (exact) mass is 521 g/mol. The van der Waals surface area contributed by atoms with Gasteiger partial charge in [0.15, 0.2) is 0 Å². The summed E-state index contributed by atoms with van der Waals surface area (Å²) in [7, 11) is 4.47. The van der Waals surface area contributed by atoms with Gasteiger partial charge in [-0.3, -0.25) is 0 Å². The van der Waals surface area contributed by atoms with Crippen LogP contribution in [0, 0.1) is 0 Å². The lowest BCUT2D eigenvalue weighted by Gasteiger charge is -2.30. The molecule has 1 aliphatic rings. The van der Waals surface area contributed by atoms with Gasteiger partial charge in [-0.1, -0.05) is 24.6 Å². The maximum atomic E-state index is 13.7. The number of fused-ring (bicyclic) bond motifs is 1. The van der Waals surface area contributed by atoms with Crippen molar-refractivity contribution in [3.8, 4) is 5.75 Å². The molecule has 0 fully saturated rings. The van der Waals surface area contributed by atoms with Crippen LogP contribution in [0.1, 0.15) is 19.3 Å². The molecule has 2 unspecified atom stereocenters. The summed E-state index contributed by atoms with van der Waals surface area (Å²) < 4.78 is 34.6. The summed E-state index contributed by atoms with van der Waals surface area (Å²) in [6.07, 6.45) is 5.37. The van der Waals surface area contributed by atoms with Crippen molar-refractivity contribution in [3.05, 3.63) is 54.6 Å². The fraction of sp³-hybridized carbons (Fsp3) is 0.400. The highest BCUT2D eigenvalue weighted by atomic mass is 32.2. The Morgan fingerprint density at radius 1 is 1.29 bits per heavy atom. The van der Waals surface area contributed by atoms with Crippen molar-refractivity contribution in [2.75, 3.05) is 45.4 Å². The molecule has 0 bridgehead atoms. The zero-order valence-corrected chi connectivity index (χ0v) is 22.1. The SMILES string of the molecule is CSc1cc2c(cc1O/C=C(\F)C(=O)O)S(=O)N(C)C(CCCCN(C)C)CN2c1ccccc1. The quantitative estimate of drug-likeness (QED) is 0.207. The lowest BCUT2D eigenvalue weighted by atomic mass is 10.1. The Balaban J connectivity index is 2.03. The number of hydrogen-bond donors (Lipinski definition) is 1. The highest BCUT2D eigenvalue weighted by molar-refractivity contribution is 7.98. The van der Waals surface area contributed by atoms with Crippen LogP contribution in [0.15, 0.2) is 64.3 Å². The van der Waals surface area contributed by atoms with E-state index in [4.69, 9.17) is 9.84 Å². The molecule has 0 saturated heterocycles. The lowest BCUT2D eigenvalue weighted by Crippen LogP contribution is -2.38. The van der Waals surface area contributed by atoms with E-state index in [0.29, 0.717) is 22.6 Å². The minimum absolute atomic E-state index is 0.0389. The number of carboxylic acids is 1. The van der Waals surface area contributed by atoms with E-state index in [1.54, 1.807) is 6.07 Å². The van der Waals surface area contributed by atoms with E-state index in [9.17, 15) is 13.4 Å². The van der Waals surface area contributed by atoms with Crippen LogP contribution < -0.4 is 9.64 Å². The predicted molar refractivity (Wildman–Crippen MR) is 139 cm³/mol. The number of aliphatic carboxylic acids is 1. The third kappa shape index (κ3) is 6.84. The molecule has 7 nitrogen and oxygen atoms in total. The number of carboxylic acid groups (broad SMARTS) is 1. The Morgan fingerprint density at radius 2 is 2.00 bits per heavy atom. The number of carbonyl (C=O) groups is 1. The summed E-state index contributed by atoms with van der Waals surface area (Å²) in [5, 5.41) is 8.81. The Morgan fingerprint density at radius 3 is 2.63 bits per heavy atom. The number of benzene rings is 2. The van der Waals surface area contributed by atoms with Crippen LogP contribution in [0.4, 0.5) is 15.8 Å². The molecule has 35 heavy (non-hydrogen) atoms. The van der Waals surface area contributed by atoms with Crippen LogP contribution in [0.2, 0.25) is 0 Å². The second-order valence-corrected chi connectivity index (χ2v) is 10.9. The van der Waals surface area contributed by atoms with Gasteiger partial charge < -0.3 is 19.6 Å². The summed E-state index contributed by atoms with van der Waals surface area (Å²) in [4.78, 5) is 16.4. The van der Waals surface area contributed by atoms with E-state index >= 15 is 0 Å². The standard InChI is InChI=1S/C25H32FN3O4S2/c1-27(2)13-9-8-12-19-16-29(18-10-6-5-7-11-18)21-14-23(34-4)22(33-17-20(26)25(30)31)15-24(21)35(32)28(19)3/h5-7,10-11,14-15,17,19H,8-9,12-13,16H2,1-4H3,(H,30,31)/b20-17-. The highest BCUT2D eigenvalue weighted by Crippen LogP contribution is 2.42. The molecule has 10 heteroatoms. The summed E-state index contributed by atoms with van der Waals surface area (Å²) in [6, 6.07) is 13.5. The number of ether oxygens (including phenoxy) is 1. The Bertz CT molecular complexity index is 1080. The molecule has 1 N–H and O–H groups in total. The normalized spacial score (nSPS) is 18.9. The predicted octanol–water partition coefficient (Wildman–Crippen LogP) is 4.89. The minimum Gasteiger partial charge on any atom is -0.476 e. The van der Waals surface area contributed by atoms with Crippen LogP contribution in [-0.2, 0) is 15.8 Å². The molecule has 2 atom stereocenters. The van der Waals surface area contributed by atoms with Crippen molar-refractivity contribution in [2.24, 2.45) is 0 Å². The van der Waals surface area contributed by atoms with Crippen molar-refractivity contribution in [2.45, 2.75) is 35.1 Å². The number of unbranched alkanes of at least 4 members (excludes halogenated alkanes) is 1. The fourth-order valence-electron chi connectivity index (χ4n) is 3.95. The van der Waals surface area contributed by atoms with E-state index in [-0.39, 0.29) is 11.8 Å². The maximum Gasteiger partial charge on any atom is 0.368 e. The number of nitrogens with zero attached hydrogens (tertiary/aromatic N) is 3. The first-order valence-electron chi connectivity index (χ1n) is 11.3. The van der Waals surface area contributed by atoms with Gasteiger partial charge in [0.2, 0.25) is 5.83 Å². The molecule has 0 saturated carbocycles. The van der Waals surface area contributed by atoms with Crippen LogP contribution in [-0.4, -0.2) is 71.0 Å². The topological polar surface area (TPSA) is 73.3 Å². The van der Waals surface area contributed by atoms with Crippen LogP contribution in [0.3, 0.4) is 0 Å². The van der Waals surface area contributed by atoms with Crippen molar-refractivity contribution in [1.82, 2.24) is 9.21 Å². The summed E-state index contributed by atoms with van der Waals surface area (Å²) >= 11 is 1.39. The molecule has 190 valence electrons. The summed E-state index contributed by atoms with van der Waals surface area (Å²) in [5.41, 5.74) is 1.77. The van der Waals surface area contributed by atoms with Gasteiger partial charge in [-0.15, -0.1) is 11.8 Å². The molecule has 0 aromatic heterocycles. The van der Waals surface area contributed by atoms with Gasteiger partial charge in [0.25, 0.3) is 0 Å². The second kappa shape index (κ2) is 12.5. The minimum atomic E-state index is -1.71.